The van der Waals surface area contributed by atoms with Crippen molar-refractivity contribution in [1.82, 2.24) is 9.80 Å². The second-order valence-electron chi connectivity index (χ2n) is 5.18. The van der Waals surface area contributed by atoms with E-state index >= 15 is 0 Å². The number of rotatable bonds is 4. The van der Waals surface area contributed by atoms with Crippen LogP contribution in [0.4, 0.5) is 4.79 Å². The summed E-state index contributed by atoms with van der Waals surface area (Å²) in [5, 5.41) is 0.833. The molecule has 0 aromatic heterocycles. The Labute approximate surface area is 147 Å². The highest BCUT2D eigenvalue weighted by molar-refractivity contribution is 7.84. The number of urea groups is 1. The minimum atomic E-state index is -1.33. The molecule has 1 aliphatic heterocycles. The molecule has 1 unspecified atom stereocenters. The van der Waals surface area contributed by atoms with Crippen LogP contribution in [0.3, 0.4) is 0 Å². The van der Waals surface area contributed by atoms with Gasteiger partial charge in [-0.1, -0.05) is 29.3 Å². The molecule has 23 heavy (non-hydrogen) atoms. The summed E-state index contributed by atoms with van der Waals surface area (Å²) in [5.74, 6) is -0.00624. The molecule has 9 heteroatoms. The van der Waals surface area contributed by atoms with E-state index in [2.05, 4.69) is 0 Å². The molecule has 1 aliphatic rings. The monoisotopic (exact) mass is 377 g/mol. The number of benzene rings is 1. The van der Waals surface area contributed by atoms with Crippen LogP contribution in [0.15, 0.2) is 18.2 Å². The lowest BCUT2D eigenvalue weighted by atomic mass is 10.2. The number of piperazine rings is 1. The highest BCUT2D eigenvalue weighted by atomic mass is 35.5. The molecule has 6 nitrogen and oxygen atoms in total. The van der Waals surface area contributed by atoms with Gasteiger partial charge in [-0.2, -0.15) is 0 Å². The summed E-state index contributed by atoms with van der Waals surface area (Å²) in [6, 6.07) is 4.54. The van der Waals surface area contributed by atoms with Gasteiger partial charge in [-0.15, -0.1) is 0 Å². The predicted octanol–water partition coefficient (Wildman–Crippen LogP) is 1.47. The summed E-state index contributed by atoms with van der Waals surface area (Å²) in [6.45, 7) is 1.62. The second-order valence-corrected chi connectivity index (χ2v) is 7.45. The zero-order valence-electron chi connectivity index (χ0n) is 12.3. The molecule has 1 saturated heterocycles. The fourth-order valence-electron chi connectivity index (χ4n) is 2.27. The minimum absolute atomic E-state index is 0.0587. The number of nitrogens with zero attached hydrogens (tertiary/aromatic N) is 2. The smallest absolute Gasteiger partial charge is 0.314 e. The Hall–Kier alpha value is -1.31. The standard InChI is InChI=1S/C14H17Cl2N3O3S/c15-11-2-1-10(7-12(11)16)8-23(22)9-13(20)18-3-5-19(6-4-18)14(17)21/h1-2,7H,3-6,8-9H2,(H2,17,21). The first kappa shape index (κ1) is 18.0. The van der Waals surface area contributed by atoms with Gasteiger partial charge in [-0.25, -0.2) is 4.79 Å². The Bertz CT molecular complexity index is 634. The quantitative estimate of drug-likeness (QED) is 0.861. The third kappa shape index (κ3) is 5.09. The second kappa shape index (κ2) is 7.99. The number of hydrogen-bond donors (Lipinski definition) is 1. The fourth-order valence-corrected chi connectivity index (χ4v) is 3.70. The molecular weight excluding hydrogens is 361 g/mol. The normalized spacial score (nSPS) is 16.3. The number of nitrogens with two attached hydrogens (primary N) is 1. The molecule has 126 valence electrons. The van der Waals surface area contributed by atoms with Crippen molar-refractivity contribution in [3.05, 3.63) is 33.8 Å². The third-order valence-corrected chi connectivity index (χ3v) is 5.50. The van der Waals surface area contributed by atoms with Crippen LogP contribution in [-0.2, 0) is 21.3 Å². The zero-order valence-corrected chi connectivity index (χ0v) is 14.7. The molecule has 0 saturated carbocycles. The molecule has 1 atom stereocenters. The molecule has 0 spiro atoms. The molecule has 1 fully saturated rings. The lowest BCUT2D eigenvalue weighted by Crippen LogP contribution is -2.52. The summed E-state index contributed by atoms with van der Waals surface area (Å²) in [7, 11) is -1.33. The van der Waals surface area contributed by atoms with Crippen LogP contribution in [-0.4, -0.2) is 57.9 Å². The van der Waals surface area contributed by atoms with Gasteiger partial charge in [0.25, 0.3) is 0 Å². The van der Waals surface area contributed by atoms with Crippen LogP contribution in [0.2, 0.25) is 10.0 Å². The van der Waals surface area contributed by atoms with E-state index in [9.17, 15) is 13.8 Å². The van der Waals surface area contributed by atoms with Crippen LogP contribution in [0.25, 0.3) is 0 Å². The van der Waals surface area contributed by atoms with Crippen molar-refractivity contribution in [3.63, 3.8) is 0 Å². The molecule has 0 aliphatic carbocycles. The summed E-state index contributed by atoms with van der Waals surface area (Å²) in [6.07, 6.45) is 0. The van der Waals surface area contributed by atoms with Gasteiger partial charge in [0.05, 0.1) is 10.0 Å². The van der Waals surface area contributed by atoms with Crippen molar-refractivity contribution < 1.29 is 13.8 Å². The first-order valence-corrected chi connectivity index (χ1v) is 9.22. The Kier molecular flexibility index (Phi) is 6.26. The lowest BCUT2D eigenvalue weighted by molar-refractivity contribution is -0.129. The summed E-state index contributed by atoms with van der Waals surface area (Å²) < 4.78 is 12.1. The van der Waals surface area contributed by atoms with Crippen molar-refractivity contribution in [2.75, 3.05) is 31.9 Å². The average molecular weight is 378 g/mol. The van der Waals surface area contributed by atoms with E-state index in [1.54, 1.807) is 23.1 Å². The number of carbonyl (C=O) groups excluding carboxylic acids is 2. The van der Waals surface area contributed by atoms with E-state index in [-0.39, 0.29) is 17.4 Å². The highest BCUT2D eigenvalue weighted by Gasteiger charge is 2.23. The minimum Gasteiger partial charge on any atom is -0.351 e. The van der Waals surface area contributed by atoms with E-state index < -0.39 is 16.8 Å². The molecule has 1 aromatic rings. The number of hydrogen-bond acceptors (Lipinski definition) is 3. The van der Waals surface area contributed by atoms with Crippen LogP contribution < -0.4 is 5.73 Å². The summed E-state index contributed by atoms with van der Waals surface area (Å²) in [5.41, 5.74) is 5.96. The SMILES string of the molecule is NC(=O)N1CCN(C(=O)CS(=O)Cc2ccc(Cl)c(Cl)c2)CC1. The van der Waals surface area contributed by atoms with E-state index in [1.807, 2.05) is 0 Å². The van der Waals surface area contributed by atoms with E-state index in [4.69, 9.17) is 28.9 Å². The maximum absolute atomic E-state index is 12.1. The molecule has 3 amide bonds. The Morgan fingerprint density at radius 1 is 1.09 bits per heavy atom. The van der Waals surface area contributed by atoms with Gasteiger partial charge in [-0.3, -0.25) is 9.00 Å². The molecular formula is C14H17Cl2N3O3S. The Morgan fingerprint density at radius 2 is 1.70 bits per heavy atom. The molecule has 0 bridgehead atoms. The van der Waals surface area contributed by atoms with Crippen molar-refractivity contribution in [1.29, 1.82) is 0 Å². The number of carbonyl (C=O) groups is 2. The van der Waals surface area contributed by atoms with Crippen molar-refractivity contribution >= 4 is 45.9 Å². The van der Waals surface area contributed by atoms with Gasteiger partial charge in [0.1, 0.15) is 5.75 Å². The van der Waals surface area contributed by atoms with Crippen molar-refractivity contribution in [2.45, 2.75) is 5.75 Å². The third-order valence-electron chi connectivity index (χ3n) is 3.54. The maximum Gasteiger partial charge on any atom is 0.314 e. The van der Waals surface area contributed by atoms with Gasteiger partial charge in [-0.05, 0) is 17.7 Å². The summed E-state index contributed by atoms with van der Waals surface area (Å²) >= 11 is 11.7. The fraction of sp³-hybridized carbons (Fsp3) is 0.429. The van der Waals surface area contributed by atoms with Gasteiger partial charge in [0, 0.05) is 42.7 Å². The van der Waals surface area contributed by atoms with Crippen molar-refractivity contribution in [2.24, 2.45) is 5.73 Å². The van der Waals surface area contributed by atoms with Crippen LogP contribution in [0.5, 0.6) is 0 Å². The molecule has 2 N–H and O–H groups in total. The zero-order chi connectivity index (χ0) is 17.0. The lowest BCUT2D eigenvalue weighted by Gasteiger charge is -2.33. The summed E-state index contributed by atoms with van der Waals surface area (Å²) in [4.78, 5) is 26.3. The van der Waals surface area contributed by atoms with E-state index in [0.717, 1.165) is 5.56 Å². The topological polar surface area (TPSA) is 83.7 Å². The number of halogens is 2. The van der Waals surface area contributed by atoms with Gasteiger partial charge in [0.15, 0.2) is 0 Å². The van der Waals surface area contributed by atoms with Crippen LogP contribution in [0, 0.1) is 0 Å². The van der Waals surface area contributed by atoms with Gasteiger partial charge in [0.2, 0.25) is 5.91 Å². The first-order chi connectivity index (χ1) is 10.9. The highest BCUT2D eigenvalue weighted by Crippen LogP contribution is 2.23. The van der Waals surface area contributed by atoms with Crippen LogP contribution in [0.1, 0.15) is 5.56 Å². The van der Waals surface area contributed by atoms with Crippen molar-refractivity contribution in [3.8, 4) is 0 Å². The largest absolute Gasteiger partial charge is 0.351 e. The van der Waals surface area contributed by atoms with E-state index in [1.165, 1.54) is 4.90 Å². The average Bonchev–Trinajstić information content (AvgIpc) is 2.51. The molecule has 2 rings (SSSR count). The predicted molar refractivity (Wildman–Crippen MR) is 90.9 cm³/mol. The van der Waals surface area contributed by atoms with Gasteiger partial charge >= 0.3 is 6.03 Å². The van der Waals surface area contributed by atoms with Crippen LogP contribution >= 0.6 is 23.2 Å². The number of amides is 3. The van der Waals surface area contributed by atoms with Gasteiger partial charge < -0.3 is 15.5 Å². The Balaban J connectivity index is 1.84. The molecule has 1 aromatic carbocycles. The Morgan fingerprint density at radius 3 is 2.26 bits per heavy atom. The molecule has 0 radical (unpaired) electrons. The molecule has 1 heterocycles. The first-order valence-electron chi connectivity index (χ1n) is 6.98. The maximum atomic E-state index is 12.1. The van der Waals surface area contributed by atoms with E-state index in [0.29, 0.717) is 36.2 Å². The number of primary amides is 1.